The van der Waals surface area contributed by atoms with Crippen LogP contribution in [0.5, 0.6) is 0 Å². The highest BCUT2D eigenvalue weighted by Crippen LogP contribution is 2.12. The van der Waals surface area contributed by atoms with Crippen LogP contribution in [0.1, 0.15) is 17.7 Å². The Labute approximate surface area is 116 Å². The summed E-state index contributed by atoms with van der Waals surface area (Å²) in [6, 6.07) is 9.19. The van der Waals surface area contributed by atoms with Crippen molar-refractivity contribution in [3.05, 3.63) is 65.5 Å². The van der Waals surface area contributed by atoms with Gasteiger partial charge in [0.15, 0.2) is 0 Å². The molecule has 0 aliphatic rings. The first kappa shape index (κ1) is 14.6. The SMILES string of the molecule is NNC(CCc1ccccn1)Cc1cc(F)cc(F)c1. The fourth-order valence-corrected chi connectivity index (χ4v) is 2.13. The number of hydrazine groups is 1. The molecule has 1 unspecified atom stereocenters. The Bertz CT molecular complexity index is 526. The van der Waals surface area contributed by atoms with Crippen molar-refractivity contribution < 1.29 is 8.78 Å². The van der Waals surface area contributed by atoms with Crippen LogP contribution < -0.4 is 11.3 Å². The minimum atomic E-state index is -0.569. The summed E-state index contributed by atoms with van der Waals surface area (Å²) in [5, 5.41) is 0. The second-order valence-corrected chi connectivity index (χ2v) is 4.71. The first-order valence-electron chi connectivity index (χ1n) is 6.48. The molecule has 0 saturated carbocycles. The zero-order valence-electron chi connectivity index (χ0n) is 11.0. The molecule has 2 rings (SSSR count). The summed E-state index contributed by atoms with van der Waals surface area (Å²) in [6.07, 6.45) is 3.71. The van der Waals surface area contributed by atoms with E-state index in [2.05, 4.69) is 10.4 Å². The molecule has 0 saturated heterocycles. The molecule has 106 valence electrons. The van der Waals surface area contributed by atoms with Crippen molar-refractivity contribution in [2.45, 2.75) is 25.3 Å². The van der Waals surface area contributed by atoms with Gasteiger partial charge in [0, 0.05) is 24.0 Å². The summed E-state index contributed by atoms with van der Waals surface area (Å²) in [5.74, 6) is 4.36. The number of rotatable bonds is 6. The number of aromatic nitrogens is 1. The quantitative estimate of drug-likeness (QED) is 0.629. The molecule has 0 spiro atoms. The second kappa shape index (κ2) is 7.07. The van der Waals surface area contributed by atoms with Crippen LogP contribution in [-0.4, -0.2) is 11.0 Å². The molecule has 0 aliphatic heterocycles. The van der Waals surface area contributed by atoms with Gasteiger partial charge in [-0.2, -0.15) is 0 Å². The molecule has 3 nitrogen and oxygen atoms in total. The van der Waals surface area contributed by atoms with E-state index in [9.17, 15) is 8.78 Å². The molecule has 3 N–H and O–H groups in total. The normalized spacial score (nSPS) is 12.3. The number of aryl methyl sites for hydroxylation is 1. The molecule has 1 aromatic heterocycles. The largest absolute Gasteiger partial charge is 0.271 e. The molecule has 1 heterocycles. The summed E-state index contributed by atoms with van der Waals surface area (Å²) >= 11 is 0. The molecule has 1 atom stereocenters. The number of nitrogens with zero attached hydrogens (tertiary/aromatic N) is 1. The Morgan fingerprint density at radius 2 is 1.90 bits per heavy atom. The Morgan fingerprint density at radius 1 is 1.15 bits per heavy atom. The van der Waals surface area contributed by atoms with Crippen LogP contribution in [0.4, 0.5) is 8.78 Å². The Kier molecular flexibility index (Phi) is 5.15. The lowest BCUT2D eigenvalue weighted by Crippen LogP contribution is -2.37. The van der Waals surface area contributed by atoms with E-state index >= 15 is 0 Å². The molecule has 0 fully saturated rings. The fraction of sp³-hybridized carbons (Fsp3) is 0.267. The predicted molar refractivity (Wildman–Crippen MR) is 73.7 cm³/mol. The average Bonchev–Trinajstić information content (AvgIpc) is 2.43. The van der Waals surface area contributed by atoms with Crippen molar-refractivity contribution in [1.82, 2.24) is 10.4 Å². The lowest BCUT2D eigenvalue weighted by Gasteiger charge is -2.15. The van der Waals surface area contributed by atoms with E-state index in [1.54, 1.807) is 6.20 Å². The lowest BCUT2D eigenvalue weighted by atomic mass is 10.0. The Hall–Kier alpha value is -1.85. The van der Waals surface area contributed by atoms with Crippen LogP contribution in [0.15, 0.2) is 42.6 Å². The first-order valence-corrected chi connectivity index (χ1v) is 6.48. The number of hydrogen-bond donors (Lipinski definition) is 2. The van der Waals surface area contributed by atoms with E-state index in [0.29, 0.717) is 12.0 Å². The minimum absolute atomic E-state index is 0.0572. The van der Waals surface area contributed by atoms with Gasteiger partial charge >= 0.3 is 0 Å². The first-order chi connectivity index (χ1) is 9.67. The van der Waals surface area contributed by atoms with Gasteiger partial charge in [-0.05, 0) is 49.1 Å². The predicted octanol–water partition coefficient (Wildman–Crippen LogP) is 2.37. The summed E-state index contributed by atoms with van der Waals surface area (Å²) in [7, 11) is 0. The van der Waals surface area contributed by atoms with Crippen molar-refractivity contribution >= 4 is 0 Å². The van der Waals surface area contributed by atoms with Crippen LogP contribution in [-0.2, 0) is 12.8 Å². The zero-order valence-corrected chi connectivity index (χ0v) is 11.0. The summed E-state index contributed by atoms with van der Waals surface area (Å²) in [4.78, 5) is 4.23. The monoisotopic (exact) mass is 277 g/mol. The van der Waals surface area contributed by atoms with Crippen LogP contribution in [0.25, 0.3) is 0 Å². The van der Waals surface area contributed by atoms with Gasteiger partial charge in [-0.25, -0.2) is 8.78 Å². The molecule has 20 heavy (non-hydrogen) atoms. The molecule has 0 radical (unpaired) electrons. The molecule has 0 bridgehead atoms. The van der Waals surface area contributed by atoms with E-state index < -0.39 is 11.6 Å². The molecule has 5 heteroatoms. The van der Waals surface area contributed by atoms with Gasteiger partial charge in [0.25, 0.3) is 0 Å². The minimum Gasteiger partial charge on any atom is -0.271 e. The molecular weight excluding hydrogens is 260 g/mol. The van der Waals surface area contributed by atoms with Crippen LogP contribution in [0, 0.1) is 11.6 Å². The van der Waals surface area contributed by atoms with Crippen LogP contribution in [0.3, 0.4) is 0 Å². The van der Waals surface area contributed by atoms with E-state index in [-0.39, 0.29) is 6.04 Å². The van der Waals surface area contributed by atoms with Crippen molar-refractivity contribution in [1.29, 1.82) is 0 Å². The smallest absolute Gasteiger partial charge is 0.126 e. The highest BCUT2D eigenvalue weighted by Gasteiger charge is 2.10. The highest BCUT2D eigenvalue weighted by atomic mass is 19.1. The summed E-state index contributed by atoms with van der Waals surface area (Å²) < 4.78 is 26.3. The van der Waals surface area contributed by atoms with Gasteiger partial charge in [0.1, 0.15) is 11.6 Å². The third kappa shape index (κ3) is 4.36. The number of hydrogen-bond acceptors (Lipinski definition) is 3. The maximum absolute atomic E-state index is 13.1. The second-order valence-electron chi connectivity index (χ2n) is 4.71. The lowest BCUT2D eigenvalue weighted by molar-refractivity contribution is 0.485. The highest BCUT2D eigenvalue weighted by molar-refractivity contribution is 5.19. The number of nitrogens with two attached hydrogens (primary N) is 1. The maximum atomic E-state index is 13.1. The van der Waals surface area contributed by atoms with Gasteiger partial charge in [0.05, 0.1) is 0 Å². The van der Waals surface area contributed by atoms with Gasteiger partial charge in [-0.1, -0.05) is 6.07 Å². The van der Waals surface area contributed by atoms with Crippen molar-refractivity contribution in [2.24, 2.45) is 5.84 Å². The van der Waals surface area contributed by atoms with Crippen molar-refractivity contribution in [3.63, 3.8) is 0 Å². The summed E-state index contributed by atoms with van der Waals surface area (Å²) in [6.45, 7) is 0. The van der Waals surface area contributed by atoms with Gasteiger partial charge in [-0.15, -0.1) is 0 Å². The van der Waals surface area contributed by atoms with E-state index in [1.165, 1.54) is 12.1 Å². The third-order valence-electron chi connectivity index (χ3n) is 3.12. The van der Waals surface area contributed by atoms with Crippen LogP contribution in [0.2, 0.25) is 0 Å². The molecule has 2 aromatic rings. The average molecular weight is 277 g/mol. The van der Waals surface area contributed by atoms with Gasteiger partial charge in [-0.3, -0.25) is 16.3 Å². The fourth-order valence-electron chi connectivity index (χ4n) is 2.13. The Balaban J connectivity index is 1.95. The van der Waals surface area contributed by atoms with Crippen LogP contribution >= 0.6 is 0 Å². The molecule has 0 amide bonds. The van der Waals surface area contributed by atoms with E-state index in [0.717, 1.165) is 24.6 Å². The molecular formula is C15H17F2N3. The molecule has 1 aromatic carbocycles. The van der Waals surface area contributed by atoms with E-state index in [4.69, 9.17) is 5.84 Å². The van der Waals surface area contributed by atoms with Crippen molar-refractivity contribution in [3.8, 4) is 0 Å². The summed E-state index contributed by atoms with van der Waals surface area (Å²) in [5.41, 5.74) is 4.25. The maximum Gasteiger partial charge on any atom is 0.126 e. The van der Waals surface area contributed by atoms with E-state index in [1.807, 2.05) is 18.2 Å². The van der Waals surface area contributed by atoms with Gasteiger partial charge in [0.2, 0.25) is 0 Å². The van der Waals surface area contributed by atoms with Crippen molar-refractivity contribution in [2.75, 3.05) is 0 Å². The number of benzene rings is 1. The number of nitrogens with one attached hydrogen (secondary N) is 1. The van der Waals surface area contributed by atoms with Gasteiger partial charge < -0.3 is 0 Å². The topological polar surface area (TPSA) is 50.9 Å². The Morgan fingerprint density at radius 3 is 2.50 bits per heavy atom. The number of pyridine rings is 1. The molecule has 0 aliphatic carbocycles. The standard InChI is InChI=1S/C15H17F2N3/c16-12-7-11(8-13(17)10-12)9-15(20-18)5-4-14-3-1-2-6-19-14/h1-3,6-8,10,15,20H,4-5,9,18H2. The zero-order chi connectivity index (χ0) is 14.4. The number of halogens is 2. The third-order valence-corrected chi connectivity index (χ3v) is 3.12.